The molecule has 0 spiro atoms. The van der Waals surface area contributed by atoms with Crippen LogP contribution in [0.5, 0.6) is 0 Å². The van der Waals surface area contributed by atoms with Crippen LogP contribution in [0.2, 0.25) is 0 Å². The maximum absolute atomic E-state index is 2.30. The first-order chi connectivity index (χ1) is 10.9. The van der Waals surface area contributed by atoms with Crippen molar-refractivity contribution in [3.05, 3.63) is 102 Å². The van der Waals surface area contributed by atoms with Crippen LogP contribution in [0.4, 0.5) is 0 Å². The third-order valence-corrected chi connectivity index (χ3v) is 5.66. The highest BCUT2D eigenvalue weighted by atomic mass is 32.2. The Morgan fingerprint density at radius 2 is 1.32 bits per heavy atom. The summed E-state index contributed by atoms with van der Waals surface area (Å²) in [5.41, 5.74) is 4.44. The Bertz CT molecular complexity index is 749. The summed E-state index contributed by atoms with van der Waals surface area (Å²) < 4.78 is 0. The Morgan fingerprint density at radius 1 is 0.682 bits per heavy atom. The molecule has 0 N–H and O–H groups in total. The maximum Gasteiger partial charge on any atom is 0.0244 e. The fourth-order valence-electron chi connectivity index (χ4n) is 3.40. The van der Waals surface area contributed by atoms with E-state index in [1.807, 2.05) is 11.8 Å². The van der Waals surface area contributed by atoms with E-state index in [0.717, 1.165) is 6.42 Å². The van der Waals surface area contributed by atoms with Gasteiger partial charge in [-0.15, -0.1) is 11.8 Å². The second kappa shape index (κ2) is 6.02. The summed E-state index contributed by atoms with van der Waals surface area (Å²) in [6.07, 6.45) is 1.15. The van der Waals surface area contributed by atoms with Gasteiger partial charge in [-0.3, -0.25) is 0 Å². The van der Waals surface area contributed by atoms with Gasteiger partial charge in [0.15, 0.2) is 0 Å². The monoisotopic (exact) mass is 302 g/mol. The van der Waals surface area contributed by atoms with Crippen LogP contribution in [0.3, 0.4) is 0 Å². The molecule has 0 bridgehead atoms. The van der Waals surface area contributed by atoms with Gasteiger partial charge in [0.2, 0.25) is 0 Å². The summed E-state index contributed by atoms with van der Waals surface area (Å²) >= 11 is 2.01. The molecule has 0 amide bonds. The van der Waals surface area contributed by atoms with Crippen LogP contribution in [-0.2, 0) is 6.42 Å². The van der Waals surface area contributed by atoms with Crippen molar-refractivity contribution in [1.29, 1.82) is 0 Å². The van der Waals surface area contributed by atoms with Gasteiger partial charge in [-0.1, -0.05) is 72.8 Å². The number of fused-ring (bicyclic) bond motifs is 1. The molecule has 0 saturated carbocycles. The van der Waals surface area contributed by atoms with Crippen molar-refractivity contribution in [2.45, 2.75) is 22.5 Å². The maximum atomic E-state index is 2.30. The lowest BCUT2D eigenvalue weighted by molar-refractivity contribution is 0.808. The summed E-state index contributed by atoms with van der Waals surface area (Å²) in [4.78, 5) is 1.36. The van der Waals surface area contributed by atoms with Gasteiger partial charge in [-0.25, -0.2) is 0 Å². The lowest BCUT2D eigenvalue weighted by Crippen LogP contribution is -2.11. The highest BCUT2D eigenvalue weighted by Crippen LogP contribution is 2.46. The molecular formula is C21H18S. The van der Waals surface area contributed by atoms with E-state index in [9.17, 15) is 0 Å². The molecule has 3 aromatic rings. The minimum absolute atomic E-state index is 0.489. The number of thioether (sulfide) groups is 1. The number of hydrogen-bond donors (Lipinski definition) is 0. The molecule has 0 nitrogen and oxygen atoms in total. The molecule has 0 heterocycles. The van der Waals surface area contributed by atoms with Gasteiger partial charge >= 0.3 is 0 Å². The SMILES string of the molecule is c1ccc(SC2Cc3ccccc3C2c2ccccc2)cc1. The molecule has 0 fully saturated rings. The number of hydrogen-bond acceptors (Lipinski definition) is 1. The van der Waals surface area contributed by atoms with Gasteiger partial charge in [-0.2, -0.15) is 0 Å². The molecular weight excluding hydrogens is 284 g/mol. The van der Waals surface area contributed by atoms with Crippen molar-refractivity contribution >= 4 is 11.8 Å². The predicted molar refractivity (Wildman–Crippen MR) is 94.5 cm³/mol. The van der Waals surface area contributed by atoms with Gasteiger partial charge in [0, 0.05) is 16.1 Å². The molecule has 0 saturated heterocycles. The normalized spacial score (nSPS) is 19.8. The van der Waals surface area contributed by atoms with Gasteiger partial charge < -0.3 is 0 Å². The molecule has 2 unspecified atom stereocenters. The highest BCUT2D eigenvalue weighted by Gasteiger charge is 2.33. The van der Waals surface area contributed by atoms with E-state index >= 15 is 0 Å². The van der Waals surface area contributed by atoms with E-state index in [0.29, 0.717) is 11.2 Å². The molecule has 0 aliphatic heterocycles. The minimum atomic E-state index is 0.489. The van der Waals surface area contributed by atoms with Crippen LogP contribution in [0, 0.1) is 0 Å². The van der Waals surface area contributed by atoms with Crippen molar-refractivity contribution in [1.82, 2.24) is 0 Å². The third-order valence-electron chi connectivity index (χ3n) is 4.37. The molecule has 1 aliphatic rings. The van der Waals surface area contributed by atoms with Gasteiger partial charge in [0.25, 0.3) is 0 Å². The standard InChI is InChI=1S/C21H18S/c1-3-9-16(10-4-1)21-19-14-8-7-11-17(19)15-20(21)22-18-12-5-2-6-13-18/h1-14,20-21H,15H2. The van der Waals surface area contributed by atoms with Crippen LogP contribution in [0.1, 0.15) is 22.6 Å². The zero-order valence-electron chi connectivity index (χ0n) is 12.4. The lowest BCUT2D eigenvalue weighted by atomic mass is 9.93. The Morgan fingerprint density at radius 3 is 2.09 bits per heavy atom. The van der Waals surface area contributed by atoms with Crippen LogP contribution in [0.15, 0.2) is 89.8 Å². The van der Waals surface area contributed by atoms with Crippen molar-refractivity contribution in [3.8, 4) is 0 Å². The van der Waals surface area contributed by atoms with Gasteiger partial charge in [-0.05, 0) is 35.2 Å². The van der Waals surface area contributed by atoms with Crippen molar-refractivity contribution in [2.75, 3.05) is 0 Å². The van der Waals surface area contributed by atoms with E-state index in [-0.39, 0.29) is 0 Å². The van der Waals surface area contributed by atoms with Crippen molar-refractivity contribution in [3.63, 3.8) is 0 Å². The Kier molecular flexibility index (Phi) is 3.74. The zero-order chi connectivity index (χ0) is 14.8. The third kappa shape index (κ3) is 2.57. The average molecular weight is 302 g/mol. The van der Waals surface area contributed by atoms with E-state index in [4.69, 9.17) is 0 Å². The lowest BCUT2D eigenvalue weighted by Gasteiger charge is -2.20. The average Bonchev–Trinajstić information content (AvgIpc) is 2.94. The van der Waals surface area contributed by atoms with E-state index < -0.39 is 0 Å². The first-order valence-electron chi connectivity index (χ1n) is 7.76. The fraction of sp³-hybridized carbons (Fsp3) is 0.143. The Balaban J connectivity index is 1.72. The van der Waals surface area contributed by atoms with E-state index in [2.05, 4.69) is 84.9 Å². The molecule has 108 valence electrons. The molecule has 0 radical (unpaired) electrons. The van der Waals surface area contributed by atoms with Crippen molar-refractivity contribution < 1.29 is 0 Å². The smallest absolute Gasteiger partial charge is 0.0244 e. The zero-order valence-corrected chi connectivity index (χ0v) is 13.2. The number of benzene rings is 3. The first-order valence-corrected chi connectivity index (χ1v) is 8.64. The molecule has 22 heavy (non-hydrogen) atoms. The molecule has 0 aromatic heterocycles. The van der Waals surface area contributed by atoms with Gasteiger partial charge in [0.1, 0.15) is 0 Å². The van der Waals surface area contributed by atoms with Crippen LogP contribution >= 0.6 is 11.8 Å². The van der Waals surface area contributed by atoms with Crippen LogP contribution < -0.4 is 0 Å². The second-order valence-corrected chi connectivity index (χ2v) is 7.07. The Labute approximate surface area is 136 Å². The summed E-state index contributed by atoms with van der Waals surface area (Å²) in [5.74, 6) is 0.489. The van der Waals surface area contributed by atoms with Crippen LogP contribution in [-0.4, -0.2) is 5.25 Å². The Hall–Kier alpha value is -1.99. The minimum Gasteiger partial charge on any atom is -0.121 e. The topological polar surface area (TPSA) is 0 Å². The van der Waals surface area contributed by atoms with Crippen molar-refractivity contribution in [2.24, 2.45) is 0 Å². The molecule has 1 heteroatoms. The fourth-order valence-corrected chi connectivity index (χ4v) is 4.76. The molecule has 2 atom stereocenters. The molecule has 4 rings (SSSR count). The largest absolute Gasteiger partial charge is 0.121 e. The molecule has 1 aliphatic carbocycles. The van der Waals surface area contributed by atoms with Crippen LogP contribution in [0.25, 0.3) is 0 Å². The highest BCUT2D eigenvalue weighted by molar-refractivity contribution is 8.00. The first kappa shape index (κ1) is 13.7. The van der Waals surface area contributed by atoms with E-state index in [1.165, 1.54) is 21.6 Å². The molecule has 3 aromatic carbocycles. The summed E-state index contributed by atoms with van der Waals surface area (Å²) in [7, 11) is 0. The summed E-state index contributed by atoms with van der Waals surface area (Å²) in [6.45, 7) is 0. The van der Waals surface area contributed by atoms with Gasteiger partial charge in [0.05, 0.1) is 0 Å². The second-order valence-electron chi connectivity index (χ2n) is 5.76. The summed E-state index contributed by atoms with van der Waals surface area (Å²) in [6, 6.07) is 30.6. The summed E-state index contributed by atoms with van der Waals surface area (Å²) in [5, 5.41) is 0.571. The number of rotatable bonds is 3. The van der Waals surface area contributed by atoms with E-state index in [1.54, 1.807) is 0 Å². The quantitative estimate of drug-likeness (QED) is 0.612. The predicted octanol–water partition coefficient (Wildman–Crippen LogP) is 5.54.